The minimum Gasteiger partial charge on any atom is -0.508 e. The molecule has 0 aliphatic heterocycles. The van der Waals surface area contributed by atoms with Gasteiger partial charge in [-0.25, -0.2) is 5.43 Å². The number of hydrogen-bond acceptors (Lipinski definition) is 4. The number of rotatable bonds is 5. The molecule has 3 N–H and O–H groups in total. The number of alkyl halides is 3. The zero-order valence-electron chi connectivity index (χ0n) is 14.2. The molecule has 0 radical (unpaired) electrons. The Morgan fingerprint density at radius 2 is 1.70 bits per heavy atom. The molecule has 0 fully saturated rings. The Kier molecular flexibility index (Phi) is 6.17. The molecule has 2 rings (SSSR count). The molecular formula is C18H16F3N3O3. The van der Waals surface area contributed by atoms with Gasteiger partial charge in [0.25, 0.3) is 5.91 Å². The summed E-state index contributed by atoms with van der Waals surface area (Å²) >= 11 is 0. The fourth-order valence-corrected chi connectivity index (χ4v) is 2.13. The van der Waals surface area contributed by atoms with Gasteiger partial charge in [-0.2, -0.15) is 18.3 Å². The quantitative estimate of drug-likeness (QED) is 0.548. The van der Waals surface area contributed by atoms with E-state index in [4.69, 9.17) is 0 Å². The molecule has 6 nitrogen and oxygen atoms in total. The molecule has 0 unspecified atom stereocenters. The summed E-state index contributed by atoms with van der Waals surface area (Å²) in [5.74, 6) is -1.26. The Labute approximate surface area is 152 Å². The van der Waals surface area contributed by atoms with Crippen LogP contribution in [0.15, 0.2) is 53.6 Å². The normalized spacial score (nSPS) is 11.8. The monoisotopic (exact) mass is 379 g/mol. The first-order chi connectivity index (χ1) is 12.7. The number of carbonyl (C=O) groups is 2. The second kappa shape index (κ2) is 8.35. The minimum absolute atomic E-state index is 0.00189. The molecule has 0 bridgehead atoms. The summed E-state index contributed by atoms with van der Waals surface area (Å²) in [4.78, 5) is 23.8. The van der Waals surface area contributed by atoms with E-state index in [1.165, 1.54) is 43.3 Å². The number of para-hydroxylation sites is 1. The third-order valence-corrected chi connectivity index (χ3v) is 3.40. The summed E-state index contributed by atoms with van der Waals surface area (Å²) in [6, 6.07) is 10.1. The number of aromatic hydroxyl groups is 1. The number of amides is 2. The molecule has 2 amide bonds. The van der Waals surface area contributed by atoms with Crippen LogP contribution >= 0.6 is 0 Å². The summed E-state index contributed by atoms with van der Waals surface area (Å²) in [6.07, 6.45) is -4.90. The summed E-state index contributed by atoms with van der Waals surface area (Å²) in [6.45, 7) is 1.45. The highest BCUT2D eigenvalue weighted by atomic mass is 19.4. The smallest absolute Gasteiger partial charge is 0.418 e. The van der Waals surface area contributed by atoms with Crippen LogP contribution in [0.5, 0.6) is 5.75 Å². The summed E-state index contributed by atoms with van der Waals surface area (Å²) in [7, 11) is 0. The number of phenolic OH excluding ortho intramolecular Hbond substituents is 1. The van der Waals surface area contributed by atoms with Crippen molar-refractivity contribution in [1.29, 1.82) is 0 Å². The first-order valence-electron chi connectivity index (χ1n) is 7.75. The highest BCUT2D eigenvalue weighted by Gasteiger charge is 2.33. The molecule has 0 saturated carbocycles. The van der Waals surface area contributed by atoms with Crippen LogP contribution in [-0.4, -0.2) is 22.6 Å². The van der Waals surface area contributed by atoms with Gasteiger partial charge in [0.05, 0.1) is 17.7 Å². The SMILES string of the molecule is C/C(CC(=O)Nc1ccccc1C(F)(F)F)=N/NC(=O)c1ccc(O)cc1. The molecule has 2 aromatic rings. The fourth-order valence-electron chi connectivity index (χ4n) is 2.13. The molecule has 0 aliphatic carbocycles. The van der Waals surface area contributed by atoms with Crippen molar-refractivity contribution in [1.82, 2.24) is 5.43 Å². The number of anilines is 1. The predicted octanol–water partition coefficient (Wildman–Crippen LogP) is 3.55. The lowest BCUT2D eigenvalue weighted by Crippen LogP contribution is -2.22. The molecule has 9 heteroatoms. The Bertz CT molecular complexity index is 862. The standard InChI is InChI=1S/C18H16F3N3O3/c1-11(23-24-17(27)12-6-8-13(25)9-7-12)10-16(26)22-15-5-3-2-4-14(15)18(19,20)21/h2-9,25H,10H2,1H3,(H,22,26)(H,24,27)/b23-11-. The topological polar surface area (TPSA) is 90.8 Å². The molecule has 0 heterocycles. The minimum atomic E-state index is -4.59. The van der Waals surface area contributed by atoms with Gasteiger partial charge >= 0.3 is 6.18 Å². The van der Waals surface area contributed by atoms with Gasteiger partial charge in [-0.3, -0.25) is 9.59 Å². The van der Waals surface area contributed by atoms with Gasteiger partial charge in [-0.1, -0.05) is 12.1 Å². The van der Waals surface area contributed by atoms with Crippen molar-refractivity contribution in [3.05, 3.63) is 59.7 Å². The average molecular weight is 379 g/mol. The molecule has 0 atom stereocenters. The summed E-state index contributed by atoms with van der Waals surface area (Å²) < 4.78 is 38.8. The number of nitrogens with one attached hydrogen (secondary N) is 2. The van der Waals surface area contributed by atoms with E-state index in [1.807, 2.05) is 0 Å². The second-order valence-electron chi connectivity index (χ2n) is 5.60. The van der Waals surface area contributed by atoms with Crippen molar-refractivity contribution in [2.24, 2.45) is 5.10 Å². The van der Waals surface area contributed by atoms with Crippen LogP contribution in [0.3, 0.4) is 0 Å². The Morgan fingerprint density at radius 1 is 1.07 bits per heavy atom. The van der Waals surface area contributed by atoms with E-state index in [2.05, 4.69) is 15.8 Å². The average Bonchev–Trinajstić information content (AvgIpc) is 2.59. The first-order valence-corrected chi connectivity index (χ1v) is 7.75. The zero-order valence-corrected chi connectivity index (χ0v) is 14.2. The highest BCUT2D eigenvalue weighted by molar-refractivity contribution is 6.06. The Hall–Kier alpha value is -3.36. The maximum atomic E-state index is 12.9. The maximum Gasteiger partial charge on any atom is 0.418 e. The number of hydrazone groups is 1. The van der Waals surface area contributed by atoms with Crippen molar-refractivity contribution in [3.63, 3.8) is 0 Å². The molecule has 0 spiro atoms. The molecule has 0 aromatic heterocycles. The maximum absolute atomic E-state index is 12.9. The molecule has 0 saturated heterocycles. The van der Waals surface area contributed by atoms with Gasteiger partial charge in [0.2, 0.25) is 5.91 Å². The van der Waals surface area contributed by atoms with Crippen LogP contribution < -0.4 is 10.7 Å². The number of carbonyl (C=O) groups excluding carboxylic acids is 2. The Morgan fingerprint density at radius 3 is 2.33 bits per heavy atom. The van der Waals surface area contributed by atoms with Crippen LogP contribution in [0.1, 0.15) is 29.3 Å². The largest absolute Gasteiger partial charge is 0.508 e. The third kappa shape index (κ3) is 5.84. The van der Waals surface area contributed by atoms with Gasteiger partial charge in [-0.15, -0.1) is 0 Å². The zero-order chi connectivity index (χ0) is 20.0. The number of halogens is 3. The lowest BCUT2D eigenvalue weighted by molar-refractivity contribution is -0.137. The second-order valence-corrected chi connectivity index (χ2v) is 5.60. The predicted molar refractivity (Wildman–Crippen MR) is 93.4 cm³/mol. The first kappa shape index (κ1) is 20.0. The molecule has 0 aliphatic rings. The number of phenols is 1. The molecule has 27 heavy (non-hydrogen) atoms. The number of nitrogens with zero attached hydrogens (tertiary/aromatic N) is 1. The van der Waals surface area contributed by atoms with Gasteiger partial charge in [0.1, 0.15) is 5.75 Å². The summed E-state index contributed by atoms with van der Waals surface area (Å²) in [5.41, 5.74) is 1.37. The van der Waals surface area contributed by atoms with E-state index in [9.17, 15) is 27.9 Å². The molecular weight excluding hydrogens is 363 g/mol. The van der Waals surface area contributed by atoms with Crippen LogP contribution in [0.25, 0.3) is 0 Å². The lowest BCUT2D eigenvalue weighted by atomic mass is 10.1. The van der Waals surface area contributed by atoms with E-state index < -0.39 is 23.6 Å². The van der Waals surface area contributed by atoms with Gasteiger partial charge in [0.15, 0.2) is 0 Å². The van der Waals surface area contributed by atoms with Crippen molar-refractivity contribution in [2.45, 2.75) is 19.5 Å². The van der Waals surface area contributed by atoms with E-state index in [0.717, 1.165) is 12.1 Å². The number of benzene rings is 2. The van der Waals surface area contributed by atoms with E-state index in [0.29, 0.717) is 0 Å². The van der Waals surface area contributed by atoms with Crippen LogP contribution in [0, 0.1) is 0 Å². The molecule has 2 aromatic carbocycles. The van der Waals surface area contributed by atoms with Gasteiger partial charge in [0, 0.05) is 11.3 Å². The number of hydrogen-bond donors (Lipinski definition) is 3. The van der Waals surface area contributed by atoms with E-state index in [1.54, 1.807) is 0 Å². The summed E-state index contributed by atoms with van der Waals surface area (Å²) in [5, 5.41) is 15.1. The van der Waals surface area contributed by atoms with Crippen molar-refractivity contribution < 1.29 is 27.9 Å². The van der Waals surface area contributed by atoms with Crippen LogP contribution in [-0.2, 0) is 11.0 Å². The lowest BCUT2D eigenvalue weighted by Gasteiger charge is -2.13. The van der Waals surface area contributed by atoms with Crippen molar-refractivity contribution >= 4 is 23.2 Å². The van der Waals surface area contributed by atoms with Crippen molar-refractivity contribution in [2.75, 3.05) is 5.32 Å². The van der Waals surface area contributed by atoms with Gasteiger partial charge < -0.3 is 10.4 Å². The van der Waals surface area contributed by atoms with Gasteiger partial charge in [-0.05, 0) is 43.3 Å². The molecule has 142 valence electrons. The third-order valence-electron chi connectivity index (χ3n) is 3.40. The Balaban J connectivity index is 1.96. The van der Waals surface area contributed by atoms with Crippen molar-refractivity contribution in [3.8, 4) is 5.75 Å². The van der Waals surface area contributed by atoms with E-state index >= 15 is 0 Å². The van der Waals surface area contributed by atoms with Crippen LogP contribution in [0.4, 0.5) is 18.9 Å². The highest BCUT2D eigenvalue weighted by Crippen LogP contribution is 2.34. The fraction of sp³-hybridized carbons (Fsp3) is 0.167. The van der Waals surface area contributed by atoms with E-state index in [-0.39, 0.29) is 29.1 Å². The van der Waals surface area contributed by atoms with Crippen LogP contribution in [0.2, 0.25) is 0 Å².